The van der Waals surface area contributed by atoms with Crippen molar-refractivity contribution in [3.8, 4) is 0 Å². The Balaban J connectivity index is 2.26. The van der Waals surface area contributed by atoms with Gasteiger partial charge in [-0.3, -0.25) is 10.1 Å². The molecule has 0 atom stereocenters. The Morgan fingerprint density at radius 3 is 2.50 bits per heavy atom. The average Bonchev–Trinajstić information content (AvgIpc) is 2.41. The number of para-hydroxylation sites is 1. The molecule has 0 unspecified atom stereocenters. The van der Waals surface area contributed by atoms with Crippen LogP contribution in [0.2, 0.25) is 0 Å². The lowest BCUT2D eigenvalue weighted by Crippen LogP contribution is -2.01. The molecule has 0 bridgehead atoms. The molecule has 2 aromatic carbocycles. The van der Waals surface area contributed by atoms with E-state index in [1.807, 2.05) is 24.3 Å². The molecule has 5 nitrogen and oxygen atoms in total. The summed E-state index contributed by atoms with van der Waals surface area (Å²) in [5.41, 5.74) is 8.18. The summed E-state index contributed by atoms with van der Waals surface area (Å²) in [4.78, 5) is 10.6. The molecular weight excluding hydrogens is 254 g/mol. The third-order valence-electron chi connectivity index (χ3n) is 3.02. The smallest absolute Gasteiger partial charge is 0.315 e. The molecule has 0 aromatic heterocycles. The Bertz CT molecular complexity index is 609. The predicted molar refractivity (Wildman–Crippen MR) is 81.2 cm³/mol. The first-order valence-electron chi connectivity index (χ1n) is 6.50. The number of nitrogens with zero attached hydrogens (tertiary/aromatic N) is 1. The molecule has 0 saturated heterocycles. The Hall–Kier alpha value is -2.56. The number of rotatable bonds is 5. The van der Waals surface area contributed by atoms with E-state index >= 15 is 0 Å². The molecular formula is C15H17N3O2. The first kappa shape index (κ1) is 13.9. The van der Waals surface area contributed by atoms with Crippen LogP contribution in [0.25, 0.3) is 0 Å². The van der Waals surface area contributed by atoms with Gasteiger partial charge >= 0.3 is 5.69 Å². The van der Waals surface area contributed by atoms with E-state index in [9.17, 15) is 10.1 Å². The van der Waals surface area contributed by atoms with Gasteiger partial charge < -0.3 is 11.1 Å². The molecule has 5 heteroatoms. The highest BCUT2D eigenvalue weighted by atomic mass is 16.6. The predicted octanol–water partition coefficient (Wildman–Crippen LogP) is 3.87. The zero-order chi connectivity index (χ0) is 14.5. The first-order chi connectivity index (χ1) is 9.61. The van der Waals surface area contributed by atoms with Gasteiger partial charge in [-0.1, -0.05) is 31.5 Å². The van der Waals surface area contributed by atoms with Crippen molar-refractivity contribution in [3.05, 3.63) is 58.1 Å². The van der Waals surface area contributed by atoms with Crippen LogP contribution in [0, 0.1) is 10.1 Å². The standard InChI is InChI=1S/C15H17N3O2/c1-2-4-11-7-9-12(10-8-11)17-14-6-3-5-13(16)15(14)18(19)20/h3,5-10,17H,2,4,16H2,1H3. The van der Waals surface area contributed by atoms with Gasteiger partial charge in [0.2, 0.25) is 0 Å². The number of nitro benzene ring substituents is 1. The second-order valence-electron chi connectivity index (χ2n) is 4.57. The van der Waals surface area contributed by atoms with Crippen molar-refractivity contribution in [2.75, 3.05) is 11.1 Å². The number of nitrogens with two attached hydrogens (primary N) is 1. The van der Waals surface area contributed by atoms with Crippen molar-refractivity contribution in [1.29, 1.82) is 0 Å². The summed E-state index contributed by atoms with van der Waals surface area (Å²) in [6.45, 7) is 2.13. The number of nitrogens with one attached hydrogen (secondary N) is 1. The Labute approximate surface area is 117 Å². The molecule has 20 heavy (non-hydrogen) atoms. The molecule has 0 saturated carbocycles. The minimum atomic E-state index is -0.469. The number of nitrogen functional groups attached to an aromatic ring is 1. The molecule has 0 fully saturated rings. The molecule has 2 rings (SSSR count). The fourth-order valence-electron chi connectivity index (χ4n) is 2.06. The molecule has 104 valence electrons. The van der Waals surface area contributed by atoms with Crippen LogP contribution in [-0.2, 0) is 6.42 Å². The number of benzene rings is 2. The monoisotopic (exact) mass is 271 g/mol. The van der Waals surface area contributed by atoms with Crippen LogP contribution < -0.4 is 11.1 Å². The van der Waals surface area contributed by atoms with E-state index in [-0.39, 0.29) is 11.4 Å². The van der Waals surface area contributed by atoms with Crippen molar-refractivity contribution in [2.24, 2.45) is 0 Å². The molecule has 0 aliphatic carbocycles. The van der Waals surface area contributed by atoms with E-state index in [0.717, 1.165) is 18.5 Å². The lowest BCUT2D eigenvalue weighted by Gasteiger charge is -2.09. The molecule has 0 spiro atoms. The number of nitro groups is 1. The van der Waals surface area contributed by atoms with Gasteiger partial charge in [0, 0.05) is 5.69 Å². The van der Waals surface area contributed by atoms with Crippen LogP contribution in [0.1, 0.15) is 18.9 Å². The Kier molecular flexibility index (Phi) is 4.20. The van der Waals surface area contributed by atoms with E-state index < -0.39 is 4.92 Å². The second-order valence-corrected chi connectivity index (χ2v) is 4.57. The van der Waals surface area contributed by atoms with Crippen molar-refractivity contribution in [1.82, 2.24) is 0 Å². The highest BCUT2D eigenvalue weighted by molar-refractivity contribution is 5.78. The lowest BCUT2D eigenvalue weighted by atomic mass is 10.1. The minimum Gasteiger partial charge on any atom is -0.393 e. The van der Waals surface area contributed by atoms with Crippen LogP contribution in [0.5, 0.6) is 0 Å². The Morgan fingerprint density at radius 2 is 1.90 bits per heavy atom. The third-order valence-corrected chi connectivity index (χ3v) is 3.02. The quantitative estimate of drug-likeness (QED) is 0.491. The summed E-state index contributed by atoms with van der Waals surface area (Å²) in [6.07, 6.45) is 2.12. The summed E-state index contributed by atoms with van der Waals surface area (Å²) in [7, 11) is 0. The number of hydrogen-bond acceptors (Lipinski definition) is 4. The maximum Gasteiger partial charge on any atom is 0.315 e. The van der Waals surface area contributed by atoms with Crippen molar-refractivity contribution >= 4 is 22.7 Å². The molecule has 0 amide bonds. The Morgan fingerprint density at radius 1 is 1.20 bits per heavy atom. The SMILES string of the molecule is CCCc1ccc(Nc2cccc(N)c2[N+](=O)[O-])cc1. The van der Waals surface area contributed by atoms with Crippen LogP contribution in [0.15, 0.2) is 42.5 Å². The minimum absolute atomic E-state index is 0.0925. The van der Waals surface area contributed by atoms with Crippen LogP contribution >= 0.6 is 0 Å². The van der Waals surface area contributed by atoms with Gasteiger partial charge in [0.15, 0.2) is 0 Å². The molecule has 0 radical (unpaired) electrons. The van der Waals surface area contributed by atoms with Crippen molar-refractivity contribution in [3.63, 3.8) is 0 Å². The third kappa shape index (κ3) is 3.06. The van der Waals surface area contributed by atoms with Crippen molar-refractivity contribution < 1.29 is 4.92 Å². The maximum absolute atomic E-state index is 11.1. The van der Waals surface area contributed by atoms with Gasteiger partial charge in [-0.25, -0.2) is 0 Å². The zero-order valence-corrected chi connectivity index (χ0v) is 11.3. The molecule has 0 heterocycles. The van der Waals surface area contributed by atoms with Crippen LogP contribution in [0.4, 0.5) is 22.7 Å². The fraction of sp³-hybridized carbons (Fsp3) is 0.200. The molecule has 0 aliphatic rings. The van der Waals surface area contributed by atoms with E-state index in [4.69, 9.17) is 5.73 Å². The highest BCUT2D eigenvalue weighted by Crippen LogP contribution is 2.32. The van der Waals surface area contributed by atoms with Gasteiger partial charge in [0.25, 0.3) is 0 Å². The van der Waals surface area contributed by atoms with Crippen LogP contribution in [-0.4, -0.2) is 4.92 Å². The van der Waals surface area contributed by atoms with Gasteiger partial charge in [-0.15, -0.1) is 0 Å². The van der Waals surface area contributed by atoms with Crippen LogP contribution in [0.3, 0.4) is 0 Å². The number of aryl methyl sites for hydroxylation is 1. The van der Waals surface area contributed by atoms with Gasteiger partial charge in [-0.2, -0.15) is 0 Å². The van der Waals surface area contributed by atoms with Crippen molar-refractivity contribution in [2.45, 2.75) is 19.8 Å². The summed E-state index contributed by atoms with van der Waals surface area (Å²) < 4.78 is 0. The topological polar surface area (TPSA) is 81.2 Å². The van der Waals surface area contributed by atoms with E-state index in [1.54, 1.807) is 12.1 Å². The van der Waals surface area contributed by atoms with E-state index in [2.05, 4.69) is 12.2 Å². The summed E-state index contributed by atoms with van der Waals surface area (Å²) in [5.74, 6) is 0. The normalized spacial score (nSPS) is 10.2. The summed E-state index contributed by atoms with van der Waals surface area (Å²) in [5, 5.41) is 14.1. The van der Waals surface area contributed by atoms with Gasteiger partial charge in [-0.05, 0) is 36.2 Å². The second kappa shape index (κ2) is 6.06. The summed E-state index contributed by atoms with van der Waals surface area (Å²) >= 11 is 0. The first-order valence-corrected chi connectivity index (χ1v) is 6.50. The van der Waals surface area contributed by atoms with E-state index in [0.29, 0.717) is 5.69 Å². The average molecular weight is 271 g/mol. The zero-order valence-electron chi connectivity index (χ0n) is 11.3. The number of hydrogen-bond donors (Lipinski definition) is 2. The van der Waals surface area contributed by atoms with Gasteiger partial charge in [0.1, 0.15) is 11.4 Å². The van der Waals surface area contributed by atoms with Gasteiger partial charge in [0.05, 0.1) is 4.92 Å². The lowest BCUT2D eigenvalue weighted by molar-refractivity contribution is -0.383. The summed E-state index contributed by atoms with van der Waals surface area (Å²) in [6, 6.07) is 12.7. The van der Waals surface area contributed by atoms with E-state index in [1.165, 1.54) is 11.6 Å². The molecule has 2 aromatic rings. The maximum atomic E-state index is 11.1. The molecule has 0 aliphatic heterocycles. The highest BCUT2D eigenvalue weighted by Gasteiger charge is 2.17. The number of anilines is 3. The largest absolute Gasteiger partial charge is 0.393 e. The fourth-order valence-corrected chi connectivity index (χ4v) is 2.06. The molecule has 3 N–H and O–H groups in total.